The van der Waals surface area contributed by atoms with E-state index in [-0.39, 0.29) is 42.6 Å². The van der Waals surface area contributed by atoms with E-state index in [1.807, 2.05) is 116 Å². The first-order valence-corrected chi connectivity index (χ1v) is 24.0. The minimum atomic E-state index is -3.98. The van der Waals surface area contributed by atoms with E-state index < -0.39 is 28.3 Å². The third-order valence-electron chi connectivity index (χ3n) is 12.2. The number of amides is 1. The molecule has 1 aliphatic rings. The average molecular weight is 900 g/mol. The summed E-state index contributed by atoms with van der Waals surface area (Å²) in [5, 5.41) is 12.8. The molecule has 10 heteroatoms. The number of carbonyl (C=O) groups is 1. The van der Waals surface area contributed by atoms with Crippen LogP contribution < -0.4 is 10.0 Å². The molecule has 0 spiro atoms. The second-order valence-electron chi connectivity index (χ2n) is 17.2. The van der Waals surface area contributed by atoms with Crippen LogP contribution in [0, 0.1) is 12.8 Å². The van der Waals surface area contributed by atoms with Crippen molar-refractivity contribution < 1.29 is 27.8 Å². The average Bonchev–Trinajstić information content (AvgIpc) is 3.35. The number of aliphatic hydroxyl groups is 1. The summed E-state index contributed by atoms with van der Waals surface area (Å²) in [5.41, 5.74) is 9.72. The van der Waals surface area contributed by atoms with Crippen LogP contribution in [0.2, 0.25) is 0 Å². The summed E-state index contributed by atoms with van der Waals surface area (Å²) in [6.07, 6.45) is -0.958. The van der Waals surface area contributed by atoms with Gasteiger partial charge in [0.2, 0.25) is 15.9 Å². The Morgan fingerprint density at radius 1 is 0.636 bits per heavy atom. The molecule has 3 N–H and O–H groups in total. The summed E-state index contributed by atoms with van der Waals surface area (Å²) in [7, 11) is -3.98. The highest BCUT2D eigenvalue weighted by molar-refractivity contribution is 7.89. The van der Waals surface area contributed by atoms with Gasteiger partial charge in [0.15, 0.2) is 6.29 Å². The Bertz CT molecular complexity index is 2710. The van der Waals surface area contributed by atoms with Crippen LogP contribution in [0.15, 0.2) is 193 Å². The maximum absolute atomic E-state index is 13.8. The molecule has 0 bridgehead atoms. The minimum absolute atomic E-state index is 0.00412. The third-order valence-corrected chi connectivity index (χ3v) is 13.7. The van der Waals surface area contributed by atoms with Crippen molar-refractivity contribution in [2.45, 2.75) is 75.9 Å². The van der Waals surface area contributed by atoms with Gasteiger partial charge in [-0.05, 0) is 82.1 Å². The number of benzene rings is 7. The van der Waals surface area contributed by atoms with Gasteiger partial charge in [-0.25, -0.2) is 8.42 Å². The molecule has 0 radical (unpaired) electrons. The second kappa shape index (κ2) is 21.8. The summed E-state index contributed by atoms with van der Waals surface area (Å²) in [4.78, 5) is 16.4. The van der Waals surface area contributed by atoms with E-state index in [0.717, 1.165) is 57.6 Å². The first-order valence-electron chi connectivity index (χ1n) is 22.5. The molecular formula is C56H57N3O6S. The van der Waals surface area contributed by atoms with Crippen LogP contribution in [-0.2, 0) is 57.0 Å². The number of hydrogen-bond acceptors (Lipinski definition) is 7. The van der Waals surface area contributed by atoms with E-state index in [9.17, 15) is 18.3 Å². The lowest BCUT2D eigenvalue weighted by molar-refractivity contribution is -0.276. The normalized spacial score (nSPS) is 17.9. The number of nitrogens with zero attached hydrogens (tertiary/aromatic N) is 1. The standard InChI is InChI=1S/C56H57N3O6S/c1-40-24-30-51(31-25-40)66(62,63)58-52(33-42-14-6-3-7-15-42)55(61)57-35-46-20-12-21-48(32-46)49-22-13-23-50(34-49)56-64-53(41(2)54(65-56)47-28-26-45(39-60)27-29-47)38-59(36-43-16-8-4-9-17-43)37-44-18-10-5-11-19-44/h3-32,34,41,52-54,56,58,60H,33,35-39H2,1-2H3,(H,57,61)/t41-,52+,53+,54+,56+/m0/s1. The Morgan fingerprint density at radius 3 is 1.83 bits per heavy atom. The Morgan fingerprint density at radius 2 is 1.21 bits per heavy atom. The van der Waals surface area contributed by atoms with Crippen LogP contribution in [0.3, 0.4) is 0 Å². The summed E-state index contributed by atoms with van der Waals surface area (Å²) < 4.78 is 43.5. The zero-order valence-corrected chi connectivity index (χ0v) is 38.2. The molecule has 5 atom stereocenters. The zero-order chi connectivity index (χ0) is 45.9. The van der Waals surface area contributed by atoms with Crippen LogP contribution in [0.1, 0.15) is 63.8 Å². The molecule has 8 rings (SSSR count). The van der Waals surface area contributed by atoms with Crippen molar-refractivity contribution in [3.63, 3.8) is 0 Å². The summed E-state index contributed by atoms with van der Waals surface area (Å²) in [6.45, 7) is 6.43. The van der Waals surface area contributed by atoms with Crippen molar-refractivity contribution >= 4 is 15.9 Å². The van der Waals surface area contributed by atoms with Gasteiger partial charge in [-0.1, -0.05) is 176 Å². The molecule has 338 valence electrons. The van der Waals surface area contributed by atoms with Crippen molar-refractivity contribution in [2.75, 3.05) is 6.54 Å². The first-order chi connectivity index (χ1) is 32.1. The first kappa shape index (κ1) is 46.3. The summed E-state index contributed by atoms with van der Waals surface area (Å²) in [6, 6.07) is 60.1. The second-order valence-corrected chi connectivity index (χ2v) is 18.9. The Hall–Kier alpha value is -6.24. The SMILES string of the molecule is Cc1ccc(S(=O)(=O)N[C@H](Cc2ccccc2)C(=O)NCc2cccc(-c3cccc([C@@H]4O[C@H](CN(Cc5ccccc5)Cc5ccccc5)[C@H](C)[C@H](c5ccc(CO)cc5)O4)c3)c2)cc1. The molecule has 7 aromatic rings. The quantitative estimate of drug-likeness (QED) is 0.0786. The Balaban J connectivity index is 1.02. The van der Waals surface area contributed by atoms with Gasteiger partial charge in [-0.3, -0.25) is 9.69 Å². The van der Waals surface area contributed by atoms with Crippen molar-refractivity contribution in [2.24, 2.45) is 5.92 Å². The molecule has 66 heavy (non-hydrogen) atoms. The molecule has 0 aliphatic carbocycles. The van der Waals surface area contributed by atoms with Gasteiger partial charge < -0.3 is 19.9 Å². The molecular weight excluding hydrogens is 843 g/mol. The van der Waals surface area contributed by atoms with Crippen molar-refractivity contribution in [1.29, 1.82) is 0 Å². The maximum atomic E-state index is 13.8. The number of nitrogens with one attached hydrogen (secondary N) is 2. The minimum Gasteiger partial charge on any atom is -0.392 e. The predicted molar refractivity (Wildman–Crippen MR) is 259 cm³/mol. The summed E-state index contributed by atoms with van der Waals surface area (Å²) in [5.74, 6) is -0.431. The highest BCUT2D eigenvalue weighted by atomic mass is 32.2. The number of hydrogen-bond donors (Lipinski definition) is 3. The number of aliphatic hydroxyl groups excluding tert-OH is 1. The lowest BCUT2D eigenvalue weighted by Gasteiger charge is -2.43. The fourth-order valence-electron chi connectivity index (χ4n) is 8.50. The van der Waals surface area contributed by atoms with Gasteiger partial charge in [-0.2, -0.15) is 4.72 Å². The van der Waals surface area contributed by atoms with Gasteiger partial charge in [0.05, 0.1) is 23.7 Å². The largest absolute Gasteiger partial charge is 0.392 e. The highest BCUT2D eigenvalue weighted by Gasteiger charge is 2.39. The Labute approximate surface area is 389 Å². The van der Waals surface area contributed by atoms with Gasteiger partial charge in [0.25, 0.3) is 0 Å². The number of carbonyl (C=O) groups excluding carboxylic acids is 1. The summed E-state index contributed by atoms with van der Waals surface area (Å²) >= 11 is 0. The van der Waals surface area contributed by atoms with Crippen LogP contribution in [0.4, 0.5) is 0 Å². The molecule has 7 aromatic carbocycles. The van der Waals surface area contributed by atoms with Crippen molar-refractivity contribution in [1.82, 2.24) is 14.9 Å². The van der Waals surface area contributed by atoms with Gasteiger partial charge >= 0.3 is 0 Å². The van der Waals surface area contributed by atoms with Crippen LogP contribution in [0.5, 0.6) is 0 Å². The van der Waals surface area contributed by atoms with Crippen LogP contribution in [0.25, 0.3) is 11.1 Å². The van der Waals surface area contributed by atoms with E-state index in [0.29, 0.717) is 6.54 Å². The third kappa shape index (κ3) is 12.1. The smallest absolute Gasteiger partial charge is 0.241 e. The fourth-order valence-corrected chi connectivity index (χ4v) is 9.69. The highest BCUT2D eigenvalue weighted by Crippen LogP contribution is 2.42. The van der Waals surface area contributed by atoms with Crippen LogP contribution >= 0.6 is 0 Å². The molecule has 9 nitrogen and oxygen atoms in total. The van der Waals surface area contributed by atoms with Crippen molar-refractivity contribution in [3.8, 4) is 11.1 Å². The topological polar surface area (TPSA) is 117 Å². The van der Waals surface area contributed by atoms with Gasteiger partial charge in [-0.15, -0.1) is 0 Å². The zero-order valence-electron chi connectivity index (χ0n) is 37.4. The van der Waals surface area contributed by atoms with E-state index in [1.54, 1.807) is 24.3 Å². The molecule has 1 saturated heterocycles. The monoisotopic (exact) mass is 899 g/mol. The number of sulfonamides is 1. The van der Waals surface area contributed by atoms with Crippen LogP contribution in [-0.4, -0.2) is 43.0 Å². The molecule has 1 aliphatic heterocycles. The molecule has 1 heterocycles. The molecule has 1 amide bonds. The van der Waals surface area contributed by atoms with Gasteiger partial charge in [0.1, 0.15) is 6.04 Å². The van der Waals surface area contributed by atoms with Crippen molar-refractivity contribution in [3.05, 3.63) is 233 Å². The lowest BCUT2D eigenvalue weighted by Crippen LogP contribution is -2.47. The Kier molecular flexibility index (Phi) is 15.3. The molecule has 0 unspecified atom stereocenters. The molecule has 0 saturated carbocycles. The number of rotatable bonds is 18. The van der Waals surface area contributed by atoms with Gasteiger partial charge in [0, 0.05) is 37.7 Å². The molecule has 0 aromatic heterocycles. The fraction of sp³-hybridized carbons (Fsp3) is 0.232. The number of ether oxygens (including phenoxy) is 2. The van der Waals surface area contributed by atoms with E-state index in [4.69, 9.17) is 9.47 Å². The lowest BCUT2D eigenvalue weighted by atomic mass is 9.89. The van der Waals surface area contributed by atoms with E-state index in [2.05, 4.69) is 76.5 Å². The maximum Gasteiger partial charge on any atom is 0.241 e. The van der Waals surface area contributed by atoms with E-state index >= 15 is 0 Å². The van der Waals surface area contributed by atoms with E-state index in [1.165, 1.54) is 11.1 Å². The predicted octanol–water partition coefficient (Wildman–Crippen LogP) is 9.85. The molecule has 1 fully saturated rings. The number of aryl methyl sites for hydroxylation is 1.